The van der Waals surface area contributed by atoms with Crippen LogP contribution in [0.5, 0.6) is 0 Å². The first-order valence-corrected chi connectivity index (χ1v) is 6.15. The number of aliphatic carboxylic acids is 1. The van der Waals surface area contributed by atoms with Crippen molar-refractivity contribution in [2.75, 3.05) is 12.3 Å². The van der Waals surface area contributed by atoms with Gasteiger partial charge in [-0.15, -0.1) is 0 Å². The summed E-state index contributed by atoms with van der Waals surface area (Å²) in [5, 5.41) is 8.77. The molecule has 6 nitrogen and oxygen atoms in total. The largest absolute Gasteiger partial charge is 0.481 e. The number of nitrogens with zero attached hydrogens (tertiary/aromatic N) is 2. The lowest BCUT2D eigenvalue weighted by Crippen LogP contribution is -2.40. The number of carboxylic acids is 1. The summed E-state index contributed by atoms with van der Waals surface area (Å²) in [7, 11) is 0. The number of nitrogen functional groups attached to an aromatic ring is 1. The molecule has 1 aromatic rings. The van der Waals surface area contributed by atoms with E-state index in [1.54, 1.807) is 24.0 Å². The Morgan fingerprint density at radius 3 is 2.63 bits per heavy atom. The topological polar surface area (TPSA) is 96.5 Å². The van der Waals surface area contributed by atoms with Crippen molar-refractivity contribution in [2.24, 2.45) is 0 Å². The number of anilines is 1. The van der Waals surface area contributed by atoms with Crippen molar-refractivity contribution in [3.63, 3.8) is 0 Å². The van der Waals surface area contributed by atoms with Gasteiger partial charge in [-0.2, -0.15) is 0 Å². The fourth-order valence-corrected chi connectivity index (χ4v) is 1.89. The molecule has 1 unspecified atom stereocenters. The summed E-state index contributed by atoms with van der Waals surface area (Å²) in [6.07, 6.45) is 1.59. The SMILES string of the molecule is CCN(C(=O)Cc1ccc(N)cn1)C(C)CC(=O)O. The van der Waals surface area contributed by atoms with E-state index in [1.807, 2.05) is 6.92 Å². The molecule has 0 aliphatic carbocycles. The van der Waals surface area contributed by atoms with Crippen LogP contribution in [0.1, 0.15) is 26.0 Å². The lowest BCUT2D eigenvalue weighted by molar-refractivity contribution is -0.140. The second-order valence-corrected chi connectivity index (χ2v) is 4.39. The summed E-state index contributed by atoms with van der Waals surface area (Å²) in [6, 6.07) is 3.05. The van der Waals surface area contributed by atoms with E-state index in [9.17, 15) is 9.59 Å². The maximum absolute atomic E-state index is 12.1. The minimum atomic E-state index is -0.913. The normalized spacial score (nSPS) is 11.9. The summed E-state index contributed by atoms with van der Waals surface area (Å²) in [5.41, 5.74) is 6.69. The highest BCUT2D eigenvalue weighted by atomic mass is 16.4. The van der Waals surface area contributed by atoms with Gasteiger partial charge in [0.2, 0.25) is 5.91 Å². The van der Waals surface area contributed by atoms with Gasteiger partial charge in [-0.05, 0) is 26.0 Å². The molecule has 0 aliphatic rings. The predicted molar refractivity (Wildman–Crippen MR) is 71.5 cm³/mol. The number of amides is 1. The van der Waals surface area contributed by atoms with E-state index in [-0.39, 0.29) is 24.8 Å². The first kappa shape index (κ1) is 14.9. The van der Waals surface area contributed by atoms with Crippen molar-refractivity contribution < 1.29 is 14.7 Å². The molecule has 1 amide bonds. The molecule has 0 aromatic carbocycles. The van der Waals surface area contributed by atoms with Crippen molar-refractivity contribution in [2.45, 2.75) is 32.7 Å². The van der Waals surface area contributed by atoms with Crippen LogP contribution in [0.15, 0.2) is 18.3 Å². The lowest BCUT2D eigenvalue weighted by Gasteiger charge is -2.27. The van der Waals surface area contributed by atoms with Crippen molar-refractivity contribution >= 4 is 17.6 Å². The molecule has 0 radical (unpaired) electrons. The Labute approximate surface area is 112 Å². The zero-order valence-electron chi connectivity index (χ0n) is 11.2. The first-order chi connectivity index (χ1) is 8.93. The third-order valence-electron chi connectivity index (χ3n) is 2.84. The van der Waals surface area contributed by atoms with Gasteiger partial charge in [-0.3, -0.25) is 14.6 Å². The van der Waals surface area contributed by atoms with Gasteiger partial charge in [0.25, 0.3) is 0 Å². The second kappa shape index (κ2) is 6.72. The molecule has 6 heteroatoms. The van der Waals surface area contributed by atoms with Crippen LogP contribution in [0.4, 0.5) is 5.69 Å². The fourth-order valence-electron chi connectivity index (χ4n) is 1.89. The molecule has 0 aliphatic heterocycles. The molecular formula is C13H19N3O3. The number of hydrogen-bond donors (Lipinski definition) is 2. The monoisotopic (exact) mass is 265 g/mol. The van der Waals surface area contributed by atoms with Crippen LogP contribution in [0.25, 0.3) is 0 Å². The highest BCUT2D eigenvalue weighted by Gasteiger charge is 2.21. The Morgan fingerprint density at radius 1 is 1.47 bits per heavy atom. The van der Waals surface area contributed by atoms with Crippen molar-refractivity contribution in [1.29, 1.82) is 0 Å². The molecule has 1 atom stereocenters. The third kappa shape index (κ3) is 4.57. The van der Waals surface area contributed by atoms with E-state index in [1.165, 1.54) is 6.20 Å². The fraction of sp³-hybridized carbons (Fsp3) is 0.462. The van der Waals surface area contributed by atoms with Gasteiger partial charge in [-0.1, -0.05) is 0 Å². The van der Waals surface area contributed by atoms with Crippen LogP contribution in [0.2, 0.25) is 0 Å². The smallest absolute Gasteiger partial charge is 0.305 e. The average Bonchev–Trinajstić information content (AvgIpc) is 2.32. The van der Waals surface area contributed by atoms with Crippen LogP contribution in [0.3, 0.4) is 0 Å². The van der Waals surface area contributed by atoms with Gasteiger partial charge >= 0.3 is 5.97 Å². The van der Waals surface area contributed by atoms with E-state index >= 15 is 0 Å². The number of likely N-dealkylation sites (N-methyl/N-ethyl adjacent to an activating group) is 1. The molecule has 104 valence electrons. The number of carboxylic acid groups (broad SMARTS) is 1. The van der Waals surface area contributed by atoms with Crippen LogP contribution in [0, 0.1) is 0 Å². The van der Waals surface area contributed by atoms with Gasteiger partial charge < -0.3 is 15.7 Å². The second-order valence-electron chi connectivity index (χ2n) is 4.39. The number of carbonyl (C=O) groups is 2. The Bertz CT molecular complexity index is 445. The summed E-state index contributed by atoms with van der Waals surface area (Å²) in [6.45, 7) is 4.03. The molecular weight excluding hydrogens is 246 g/mol. The van der Waals surface area contributed by atoms with E-state index < -0.39 is 5.97 Å². The van der Waals surface area contributed by atoms with Crippen molar-refractivity contribution in [3.8, 4) is 0 Å². The average molecular weight is 265 g/mol. The zero-order chi connectivity index (χ0) is 14.4. The highest BCUT2D eigenvalue weighted by Crippen LogP contribution is 2.08. The van der Waals surface area contributed by atoms with Crippen molar-refractivity contribution in [1.82, 2.24) is 9.88 Å². The summed E-state index contributed by atoms with van der Waals surface area (Å²) >= 11 is 0. The Balaban J connectivity index is 2.68. The highest BCUT2D eigenvalue weighted by molar-refractivity contribution is 5.79. The van der Waals surface area contributed by atoms with Crippen molar-refractivity contribution in [3.05, 3.63) is 24.0 Å². The van der Waals surface area contributed by atoms with E-state index in [2.05, 4.69) is 4.98 Å². The molecule has 0 spiro atoms. The summed E-state index contributed by atoms with van der Waals surface area (Å²) < 4.78 is 0. The van der Waals surface area contributed by atoms with Gasteiger partial charge in [0.15, 0.2) is 0 Å². The van der Waals surface area contributed by atoms with E-state index in [0.29, 0.717) is 17.9 Å². The van der Waals surface area contributed by atoms with Crippen LogP contribution < -0.4 is 5.73 Å². The third-order valence-corrected chi connectivity index (χ3v) is 2.84. The number of aromatic nitrogens is 1. The quantitative estimate of drug-likeness (QED) is 0.797. The van der Waals surface area contributed by atoms with Crippen LogP contribution in [-0.4, -0.2) is 39.5 Å². The van der Waals surface area contributed by atoms with Gasteiger partial charge in [0.1, 0.15) is 0 Å². The van der Waals surface area contributed by atoms with E-state index in [4.69, 9.17) is 10.8 Å². The number of carbonyl (C=O) groups excluding carboxylic acids is 1. The molecule has 0 bridgehead atoms. The molecule has 19 heavy (non-hydrogen) atoms. The molecule has 3 N–H and O–H groups in total. The molecule has 1 heterocycles. The number of pyridine rings is 1. The van der Waals surface area contributed by atoms with Crippen LogP contribution >= 0.6 is 0 Å². The number of rotatable bonds is 6. The molecule has 1 aromatic heterocycles. The molecule has 0 saturated carbocycles. The summed E-state index contributed by atoms with van der Waals surface area (Å²) in [5.74, 6) is -1.04. The molecule has 0 saturated heterocycles. The maximum Gasteiger partial charge on any atom is 0.305 e. The standard InChI is InChI=1S/C13H19N3O3/c1-3-16(9(2)6-13(18)19)12(17)7-11-5-4-10(14)8-15-11/h4-5,8-9H,3,6-7,14H2,1-2H3,(H,18,19). The maximum atomic E-state index is 12.1. The molecule has 0 fully saturated rings. The Hall–Kier alpha value is -2.11. The Morgan fingerprint density at radius 2 is 2.16 bits per heavy atom. The first-order valence-electron chi connectivity index (χ1n) is 6.15. The van der Waals surface area contributed by atoms with Gasteiger partial charge in [0.05, 0.1) is 24.7 Å². The van der Waals surface area contributed by atoms with Crippen LogP contribution in [-0.2, 0) is 16.0 Å². The minimum absolute atomic E-state index is 0.0608. The van der Waals surface area contributed by atoms with Gasteiger partial charge in [-0.25, -0.2) is 0 Å². The number of hydrogen-bond acceptors (Lipinski definition) is 4. The molecule has 1 rings (SSSR count). The van der Waals surface area contributed by atoms with Gasteiger partial charge in [0, 0.05) is 18.3 Å². The number of nitrogens with two attached hydrogens (primary N) is 1. The lowest BCUT2D eigenvalue weighted by atomic mass is 10.1. The predicted octanol–water partition coefficient (Wildman–Crippen LogP) is 0.918. The van der Waals surface area contributed by atoms with E-state index in [0.717, 1.165) is 0 Å². The minimum Gasteiger partial charge on any atom is -0.481 e. The Kier molecular flexibility index (Phi) is 5.29. The zero-order valence-corrected chi connectivity index (χ0v) is 11.2. The summed E-state index contributed by atoms with van der Waals surface area (Å²) in [4.78, 5) is 28.4.